The van der Waals surface area contributed by atoms with E-state index in [1.807, 2.05) is 35.0 Å². The molecule has 0 bridgehead atoms. The van der Waals surface area contributed by atoms with Crippen molar-refractivity contribution in [3.05, 3.63) is 84.5 Å². The van der Waals surface area contributed by atoms with Gasteiger partial charge in [0.2, 0.25) is 5.91 Å². The molecule has 0 saturated carbocycles. The summed E-state index contributed by atoms with van der Waals surface area (Å²) in [4.78, 5) is 38.1. The highest BCUT2D eigenvalue weighted by molar-refractivity contribution is 6.16. The SMILES string of the molecule is C=CCn1cc(/C=C2/NC(=O)N(CC(=O)Nc3ccccc3F)C2=O)c2ccccc21. The average molecular weight is 418 g/mol. The monoisotopic (exact) mass is 418 g/mol. The number of hydrogen-bond donors (Lipinski definition) is 2. The van der Waals surface area contributed by atoms with E-state index in [9.17, 15) is 18.8 Å². The summed E-state index contributed by atoms with van der Waals surface area (Å²) in [6, 6.07) is 12.6. The largest absolute Gasteiger partial charge is 0.343 e. The number of nitrogens with zero attached hydrogens (tertiary/aromatic N) is 2. The van der Waals surface area contributed by atoms with Gasteiger partial charge in [0.15, 0.2) is 0 Å². The number of hydrogen-bond acceptors (Lipinski definition) is 3. The highest BCUT2D eigenvalue weighted by Crippen LogP contribution is 2.25. The molecule has 0 atom stereocenters. The van der Waals surface area contributed by atoms with Crippen LogP contribution in [0.25, 0.3) is 17.0 Å². The van der Waals surface area contributed by atoms with Crippen LogP contribution in [-0.2, 0) is 16.1 Å². The first kappa shape index (κ1) is 20.1. The highest BCUT2D eigenvalue weighted by Gasteiger charge is 2.35. The van der Waals surface area contributed by atoms with Crippen LogP contribution in [0.1, 0.15) is 5.56 Å². The van der Waals surface area contributed by atoms with Crippen molar-refractivity contribution in [1.29, 1.82) is 0 Å². The molecular formula is C23H19FN4O3. The fourth-order valence-electron chi connectivity index (χ4n) is 3.45. The van der Waals surface area contributed by atoms with Gasteiger partial charge in [-0.05, 0) is 24.3 Å². The fourth-order valence-corrected chi connectivity index (χ4v) is 3.45. The van der Waals surface area contributed by atoms with Gasteiger partial charge in [-0.2, -0.15) is 0 Å². The molecule has 31 heavy (non-hydrogen) atoms. The number of aromatic nitrogens is 1. The molecule has 2 N–H and O–H groups in total. The van der Waals surface area contributed by atoms with Crippen molar-refractivity contribution in [1.82, 2.24) is 14.8 Å². The van der Waals surface area contributed by atoms with Gasteiger partial charge in [-0.1, -0.05) is 36.4 Å². The van der Waals surface area contributed by atoms with Crippen LogP contribution in [0.3, 0.4) is 0 Å². The second-order valence-electron chi connectivity index (χ2n) is 6.95. The van der Waals surface area contributed by atoms with Gasteiger partial charge in [0, 0.05) is 29.2 Å². The molecule has 0 spiro atoms. The molecule has 1 aromatic heterocycles. The average Bonchev–Trinajstić information content (AvgIpc) is 3.22. The van der Waals surface area contributed by atoms with E-state index < -0.39 is 30.2 Å². The van der Waals surface area contributed by atoms with Crippen LogP contribution in [0.5, 0.6) is 0 Å². The summed E-state index contributed by atoms with van der Waals surface area (Å²) >= 11 is 0. The van der Waals surface area contributed by atoms with Crippen LogP contribution < -0.4 is 10.6 Å². The number of carbonyl (C=O) groups is 3. The molecule has 156 valence electrons. The second kappa shape index (κ2) is 8.27. The Kier molecular flexibility index (Phi) is 5.36. The number of carbonyl (C=O) groups excluding carboxylic acids is 3. The summed E-state index contributed by atoms with van der Waals surface area (Å²) in [5.41, 5.74) is 1.75. The van der Waals surface area contributed by atoms with Gasteiger partial charge in [-0.3, -0.25) is 9.59 Å². The summed E-state index contributed by atoms with van der Waals surface area (Å²) in [7, 11) is 0. The Balaban J connectivity index is 1.55. The molecule has 7 nitrogen and oxygen atoms in total. The first-order chi connectivity index (χ1) is 15.0. The number of anilines is 1. The standard InChI is InChI=1S/C23H19FN4O3/c1-2-11-27-13-15(16-7-3-6-10-20(16)27)12-19-22(30)28(23(31)26-19)14-21(29)25-18-9-5-4-8-17(18)24/h2-10,12-13H,1,11,14H2,(H,25,29)(H,26,31)/b19-12+. The molecule has 4 rings (SSSR count). The normalized spacial score (nSPS) is 14.9. The summed E-state index contributed by atoms with van der Waals surface area (Å²) in [6.07, 6.45) is 5.21. The molecule has 1 saturated heterocycles. The Bertz CT molecular complexity index is 1240. The van der Waals surface area contributed by atoms with Gasteiger partial charge in [0.05, 0.1) is 5.69 Å². The predicted molar refractivity (Wildman–Crippen MR) is 115 cm³/mol. The number of allylic oxidation sites excluding steroid dienone is 1. The van der Waals surface area contributed by atoms with Crippen LogP contribution in [0, 0.1) is 5.82 Å². The van der Waals surface area contributed by atoms with Crippen LogP contribution in [0.15, 0.2) is 73.1 Å². The molecule has 0 radical (unpaired) electrons. The zero-order chi connectivity index (χ0) is 22.0. The summed E-state index contributed by atoms with van der Waals surface area (Å²) in [5, 5.41) is 5.78. The van der Waals surface area contributed by atoms with Crippen molar-refractivity contribution in [3.63, 3.8) is 0 Å². The maximum absolute atomic E-state index is 13.7. The van der Waals surface area contributed by atoms with Crippen molar-refractivity contribution in [2.24, 2.45) is 0 Å². The van der Waals surface area contributed by atoms with Crippen molar-refractivity contribution in [2.75, 3.05) is 11.9 Å². The number of imide groups is 1. The van der Waals surface area contributed by atoms with Crippen LogP contribution in [0.4, 0.5) is 14.9 Å². The molecule has 0 unspecified atom stereocenters. The summed E-state index contributed by atoms with van der Waals surface area (Å²) in [6.45, 7) is 3.81. The Labute approximate surface area is 177 Å². The van der Waals surface area contributed by atoms with Gasteiger partial charge < -0.3 is 15.2 Å². The second-order valence-corrected chi connectivity index (χ2v) is 6.95. The molecule has 2 aromatic carbocycles. The van der Waals surface area contributed by atoms with E-state index in [-0.39, 0.29) is 11.4 Å². The van der Waals surface area contributed by atoms with Gasteiger partial charge in [0.25, 0.3) is 5.91 Å². The lowest BCUT2D eigenvalue weighted by Gasteiger charge is -2.12. The van der Waals surface area contributed by atoms with E-state index in [0.29, 0.717) is 6.54 Å². The van der Waals surface area contributed by atoms with Crippen molar-refractivity contribution >= 4 is 40.5 Å². The highest BCUT2D eigenvalue weighted by atomic mass is 19.1. The minimum absolute atomic E-state index is 0.0228. The number of halogens is 1. The van der Waals surface area contributed by atoms with Gasteiger partial charge in [0.1, 0.15) is 18.1 Å². The number of benzene rings is 2. The smallest absolute Gasteiger partial charge is 0.329 e. The molecule has 3 aromatic rings. The molecule has 2 heterocycles. The van der Waals surface area contributed by atoms with Crippen molar-refractivity contribution < 1.29 is 18.8 Å². The summed E-state index contributed by atoms with van der Waals surface area (Å²) < 4.78 is 15.7. The molecule has 4 amide bonds. The Morgan fingerprint density at radius 3 is 2.65 bits per heavy atom. The number of rotatable bonds is 6. The van der Waals surface area contributed by atoms with Crippen molar-refractivity contribution in [3.8, 4) is 0 Å². The number of urea groups is 1. The third-order valence-electron chi connectivity index (χ3n) is 4.86. The first-order valence-corrected chi connectivity index (χ1v) is 9.55. The third kappa shape index (κ3) is 3.95. The number of amides is 4. The Hall–Kier alpha value is -4.20. The quantitative estimate of drug-likeness (QED) is 0.365. The number of fused-ring (bicyclic) bond motifs is 1. The van der Waals surface area contributed by atoms with Gasteiger partial charge in [-0.15, -0.1) is 6.58 Å². The molecule has 1 fully saturated rings. The lowest BCUT2D eigenvalue weighted by atomic mass is 10.1. The zero-order valence-electron chi connectivity index (χ0n) is 16.5. The zero-order valence-corrected chi connectivity index (χ0v) is 16.5. The van der Waals surface area contributed by atoms with Gasteiger partial charge >= 0.3 is 6.03 Å². The van der Waals surface area contributed by atoms with E-state index in [2.05, 4.69) is 17.2 Å². The maximum atomic E-state index is 13.7. The fraction of sp³-hybridized carbons (Fsp3) is 0.0870. The lowest BCUT2D eigenvalue weighted by Crippen LogP contribution is -2.38. The predicted octanol–water partition coefficient (Wildman–Crippen LogP) is 3.50. The Morgan fingerprint density at radius 1 is 1.13 bits per heavy atom. The maximum Gasteiger partial charge on any atom is 0.329 e. The topological polar surface area (TPSA) is 83.4 Å². The van der Waals surface area contributed by atoms with Crippen molar-refractivity contribution in [2.45, 2.75) is 6.54 Å². The van der Waals surface area contributed by atoms with E-state index in [4.69, 9.17) is 0 Å². The number of para-hydroxylation sites is 2. The minimum atomic E-state index is -0.713. The Morgan fingerprint density at radius 2 is 1.87 bits per heavy atom. The minimum Gasteiger partial charge on any atom is -0.343 e. The molecule has 0 aliphatic carbocycles. The third-order valence-corrected chi connectivity index (χ3v) is 4.86. The summed E-state index contributed by atoms with van der Waals surface area (Å²) in [5.74, 6) is -1.92. The van der Waals surface area contributed by atoms with E-state index >= 15 is 0 Å². The molecule has 1 aliphatic heterocycles. The van der Waals surface area contributed by atoms with E-state index in [1.54, 1.807) is 18.2 Å². The van der Waals surface area contributed by atoms with E-state index in [0.717, 1.165) is 21.4 Å². The number of nitrogens with one attached hydrogen (secondary N) is 2. The van der Waals surface area contributed by atoms with Crippen LogP contribution >= 0.6 is 0 Å². The molecular weight excluding hydrogens is 399 g/mol. The molecule has 1 aliphatic rings. The van der Waals surface area contributed by atoms with Crippen LogP contribution in [-0.4, -0.2) is 33.9 Å². The molecule has 8 heteroatoms. The van der Waals surface area contributed by atoms with Crippen LogP contribution in [0.2, 0.25) is 0 Å². The lowest BCUT2D eigenvalue weighted by molar-refractivity contribution is -0.127. The van der Waals surface area contributed by atoms with E-state index in [1.165, 1.54) is 18.2 Å². The first-order valence-electron chi connectivity index (χ1n) is 9.55. The van der Waals surface area contributed by atoms with Gasteiger partial charge in [-0.25, -0.2) is 14.1 Å².